The monoisotopic (exact) mass is 410 g/mol. The van der Waals surface area contributed by atoms with E-state index >= 15 is 0 Å². The van der Waals surface area contributed by atoms with Crippen molar-refractivity contribution in [2.45, 2.75) is 6.92 Å². The summed E-state index contributed by atoms with van der Waals surface area (Å²) in [6, 6.07) is 12.8. The molecule has 2 aromatic heterocycles. The number of thiazole rings is 1. The molecule has 0 aliphatic carbocycles. The number of aromatic nitrogens is 2. The highest BCUT2D eigenvalue weighted by atomic mass is 32.1. The van der Waals surface area contributed by atoms with Gasteiger partial charge in [-0.05, 0) is 42.8 Å². The summed E-state index contributed by atoms with van der Waals surface area (Å²) in [6.45, 7) is 2.08. The average molecular weight is 410 g/mol. The van der Waals surface area contributed by atoms with Gasteiger partial charge in [-0.3, -0.25) is 4.79 Å². The van der Waals surface area contributed by atoms with Crippen molar-refractivity contribution in [2.75, 3.05) is 20.3 Å². The maximum atomic E-state index is 12.9. The number of rotatable bonds is 6. The van der Waals surface area contributed by atoms with E-state index in [1.54, 1.807) is 28.7 Å². The summed E-state index contributed by atoms with van der Waals surface area (Å²) in [5, 5.41) is 0. The highest BCUT2D eigenvalue weighted by molar-refractivity contribution is 7.15. The summed E-state index contributed by atoms with van der Waals surface area (Å²) in [7, 11) is 1.30. The largest absolute Gasteiger partial charge is 0.490 e. The van der Waals surface area contributed by atoms with Gasteiger partial charge in [-0.1, -0.05) is 29.5 Å². The van der Waals surface area contributed by atoms with Gasteiger partial charge in [0.2, 0.25) is 0 Å². The van der Waals surface area contributed by atoms with Crippen LogP contribution in [0.5, 0.6) is 11.5 Å². The number of esters is 1. The Balaban J connectivity index is 1.74. The van der Waals surface area contributed by atoms with E-state index in [9.17, 15) is 9.59 Å². The fourth-order valence-electron chi connectivity index (χ4n) is 2.96. The van der Waals surface area contributed by atoms with Crippen LogP contribution in [-0.4, -0.2) is 35.7 Å². The summed E-state index contributed by atoms with van der Waals surface area (Å²) in [4.78, 5) is 29.4. The van der Waals surface area contributed by atoms with E-state index in [-0.39, 0.29) is 12.2 Å². The van der Waals surface area contributed by atoms with E-state index in [2.05, 4.69) is 9.72 Å². The molecule has 2 heterocycles. The van der Waals surface area contributed by atoms with Gasteiger partial charge in [-0.2, -0.15) is 0 Å². The molecule has 0 fully saturated rings. The zero-order chi connectivity index (χ0) is 20.4. The van der Waals surface area contributed by atoms with Crippen LogP contribution in [0.2, 0.25) is 0 Å². The van der Waals surface area contributed by atoms with Crippen molar-refractivity contribution in [2.24, 2.45) is 0 Å². The normalized spacial score (nSPS) is 11.9. The molecule has 4 rings (SSSR count). The van der Waals surface area contributed by atoms with Crippen LogP contribution in [0.3, 0.4) is 0 Å². The Labute approximate surface area is 169 Å². The van der Waals surface area contributed by atoms with Gasteiger partial charge in [0.25, 0.3) is 5.56 Å². The maximum absolute atomic E-state index is 12.9. The summed E-state index contributed by atoms with van der Waals surface area (Å²) >= 11 is 1.34. The molecule has 0 saturated carbocycles. The van der Waals surface area contributed by atoms with Crippen LogP contribution in [0.4, 0.5) is 0 Å². The van der Waals surface area contributed by atoms with E-state index < -0.39 is 5.97 Å². The molecule has 8 heteroatoms. The van der Waals surface area contributed by atoms with Crippen molar-refractivity contribution in [1.82, 2.24) is 9.38 Å². The van der Waals surface area contributed by atoms with Crippen LogP contribution >= 0.6 is 11.3 Å². The van der Waals surface area contributed by atoms with Gasteiger partial charge in [-0.15, -0.1) is 0 Å². The summed E-state index contributed by atoms with van der Waals surface area (Å²) in [6.07, 6.45) is 1.79. The predicted octanol–water partition coefficient (Wildman–Crippen LogP) is 2.41. The Morgan fingerprint density at radius 2 is 2.00 bits per heavy atom. The van der Waals surface area contributed by atoms with Crippen LogP contribution < -0.4 is 19.6 Å². The second kappa shape index (κ2) is 7.92. The number of benzene rings is 2. The van der Waals surface area contributed by atoms with Crippen LogP contribution in [0.1, 0.15) is 12.5 Å². The van der Waals surface area contributed by atoms with E-state index in [1.807, 2.05) is 31.2 Å². The molecular weight excluding hydrogens is 392 g/mol. The lowest BCUT2D eigenvalue weighted by molar-refractivity contribution is -0.142. The quantitative estimate of drug-likeness (QED) is 0.454. The third-order valence-electron chi connectivity index (χ3n) is 4.28. The Morgan fingerprint density at radius 3 is 2.79 bits per heavy atom. The number of carbonyl (C=O) groups excluding carboxylic acids is 1. The van der Waals surface area contributed by atoms with Crippen LogP contribution in [0, 0.1) is 0 Å². The lowest BCUT2D eigenvalue weighted by Crippen LogP contribution is -2.22. The Morgan fingerprint density at radius 1 is 1.17 bits per heavy atom. The zero-order valence-corrected chi connectivity index (χ0v) is 16.7. The number of methoxy groups -OCH3 is 1. The van der Waals surface area contributed by atoms with Crippen LogP contribution in [-0.2, 0) is 9.53 Å². The third-order valence-corrected chi connectivity index (χ3v) is 5.25. The van der Waals surface area contributed by atoms with E-state index in [1.165, 1.54) is 18.4 Å². The maximum Gasteiger partial charge on any atom is 0.343 e. The lowest BCUT2D eigenvalue weighted by Gasteiger charge is -2.11. The zero-order valence-electron chi connectivity index (χ0n) is 15.9. The van der Waals surface area contributed by atoms with Crippen molar-refractivity contribution in [3.63, 3.8) is 0 Å². The molecule has 0 amide bonds. The molecule has 29 heavy (non-hydrogen) atoms. The number of fused-ring (bicyclic) bond motifs is 3. The first-order valence-electron chi connectivity index (χ1n) is 8.99. The molecule has 0 atom stereocenters. The minimum Gasteiger partial charge on any atom is -0.490 e. The van der Waals surface area contributed by atoms with Crippen molar-refractivity contribution in [3.8, 4) is 11.5 Å². The molecule has 0 N–H and O–H groups in total. The number of hydrogen-bond donors (Lipinski definition) is 0. The van der Waals surface area contributed by atoms with Gasteiger partial charge in [0, 0.05) is 0 Å². The van der Waals surface area contributed by atoms with Gasteiger partial charge in [0.1, 0.15) is 0 Å². The van der Waals surface area contributed by atoms with Gasteiger partial charge >= 0.3 is 5.97 Å². The minimum absolute atomic E-state index is 0.109. The lowest BCUT2D eigenvalue weighted by atomic mass is 10.2. The summed E-state index contributed by atoms with van der Waals surface area (Å²) in [5.41, 5.74) is 2.27. The molecule has 0 unspecified atom stereocenters. The smallest absolute Gasteiger partial charge is 0.343 e. The average Bonchev–Trinajstić information content (AvgIpc) is 3.23. The van der Waals surface area contributed by atoms with E-state index in [0.717, 1.165) is 16.6 Å². The molecule has 4 aromatic rings. The molecule has 0 bridgehead atoms. The second-order valence-electron chi connectivity index (χ2n) is 6.14. The molecule has 0 saturated heterocycles. The molecular formula is C21H18N2O5S. The van der Waals surface area contributed by atoms with Crippen LogP contribution in [0.15, 0.2) is 47.3 Å². The second-order valence-corrected chi connectivity index (χ2v) is 7.15. The van der Waals surface area contributed by atoms with Gasteiger partial charge in [0.15, 0.2) is 23.1 Å². The fraction of sp³-hybridized carbons (Fsp3) is 0.190. The SMILES string of the molecule is CCOc1cc(C=c2sc3nc4ccccc4n3c2=O)ccc1OCC(=O)OC. The highest BCUT2D eigenvalue weighted by Gasteiger charge is 2.12. The molecule has 0 aliphatic rings. The number of nitrogens with zero attached hydrogens (tertiary/aromatic N) is 2. The minimum atomic E-state index is -0.478. The number of imidazole rings is 1. The third kappa shape index (κ3) is 3.66. The number of carbonyl (C=O) groups is 1. The van der Waals surface area contributed by atoms with Gasteiger partial charge in [0.05, 0.1) is 29.3 Å². The first kappa shape index (κ1) is 18.9. The van der Waals surface area contributed by atoms with Gasteiger partial charge in [-0.25, -0.2) is 14.2 Å². The number of ether oxygens (including phenoxy) is 3. The Bertz CT molecular complexity index is 1310. The van der Waals surface area contributed by atoms with Crippen molar-refractivity contribution >= 4 is 39.4 Å². The Hall–Kier alpha value is -3.39. The van der Waals surface area contributed by atoms with Gasteiger partial charge < -0.3 is 14.2 Å². The molecule has 0 spiro atoms. The number of para-hydroxylation sites is 2. The fourth-order valence-corrected chi connectivity index (χ4v) is 3.95. The van der Waals surface area contributed by atoms with E-state index in [4.69, 9.17) is 9.47 Å². The van der Waals surface area contributed by atoms with Crippen molar-refractivity contribution in [3.05, 3.63) is 62.9 Å². The van der Waals surface area contributed by atoms with E-state index in [0.29, 0.717) is 27.6 Å². The highest BCUT2D eigenvalue weighted by Crippen LogP contribution is 2.29. The molecule has 148 valence electrons. The Kier molecular flexibility index (Phi) is 5.18. The molecule has 7 nitrogen and oxygen atoms in total. The first-order valence-corrected chi connectivity index (χ1v) is 9.80. The standard InChI is InChI=1S/C21H18N2O5S/c1-3-27-17-10-13(8-9-16(17)28-12-19(24)26-2)11-18-20(25)23-15-7-5-4-6-14(15)22-21(23)29-18/h4-11H,3,12H2,1-2H3. The molecule has 0 aliphatic heterocycles. The topological polar surface area (TPSA) is 79.1 Å². The molecule has 2 aromatic carbocycles. The van der Waals surface area contributed by atoms with Crippen molar-refractivity contribution < 1.29 is 19.0 Å². The summed E-state index contributed by atoms with van der Waals surface area (Å²) < 4.78 is 17.9. The first-order chi connectivity index (χ1) is 14.1. The predicted molar refractivity (Wildman–Crippen MR) is 111 cm³/mol. The summed E-state index contributed by atoms with van der Waals surface area (Å²) in [5.74, 6) is 0.446. The van der Waals surface area contributed by atoms with Crippen molar-refractivity contribution in [1.29, 1.82) is 0 Å². The van der Waals surface area contributed by atoms with Crippen LogP contribution in [0.25, 0.3) is 22.1 Å². The molecule has 0 radical (unpaired) electrons. The number of hydrogen-bond acceptors (Lipinski definition) is 7.